The Labute approximate surface area is 124 Å². The first-order chi connectivity index (χ1) is 9.67. The number of nitrogens with one attached hydrogen (secondary N) is 1. The first kappa shape index (κ1) is 16.9. The van der Waals surface area contributed by atoms with Crippen molar-refractivity contribution < 1.29 is 13.9 Å². The minimum Gasteiger partial charge on any atom is -0.444 e. The van der Waals surface area contributed by atoms with Crippen LogP contribution < -0.4 is 11.1 Å². The van der Waals surface area contributed by atoms with Gasteiger partial charge in [-0.05, 0) is 34.1 Å². The average molecular weight is 295 g/mol. The molecule has 5 nitrogen and oxygen atoms in total. The van der Waals surface area contributed by atoms with Gasteiger partial charge in [-0.1, -0.05) is 12.2 Å². The average Bonchev–Trinajstić information content (AvgIpc) is 2.29. The molecule has 0 unspecified atom stereocenters. The number of nitrogen functional groups attached to an aromatic ring is 1. The number of nitrogens with zero attached hydrogens (tertiary/aromatic N) is 1. The second kappa shape index (κ2) is 7.06. The van der Waals surface area contributed by atoms with Crippen LogP contribution in [-0.2, 0) is 4.74 Å². The maximum absolute atomic E-state index is 13.5. The number of rotatable bonds is 4. The molecule has 0 radical (unpaired) electrons. The van der Waals surface area contributed by atoms with E-state index in [2.05, 4.69) is 10.3 Å². The van der Waals surface area contributed by atoms with E-state index in [1.54, 1.807) is 32.9 Å². The summed E-state index contributed by atoms with van der Waals surface area (Å²) in [7, 11) is 0. The molecule has 0 saturated carbocycles. The zero-order valence-electron chi connectivity index (χ0n) is 12.8. The van der Waals surface area contributed by atoms with Crippen LogP contribution in [0.4, 0.5) is 15.0 Å². The second-order valence-corrected chi connectivity index (χ2v) is 5.82. The molecule has 0 aromatic carbocycles. The van der Waals surface area contributed by atoms with Crippen molar-refractivity contribution in [1.82, 2.24) is 10.3 Å². The van der Waals surface area contributed by atoms with Crippen LogP contribution in [0.2, 0.25) is 0 Å². The molecule has 0 aliphatic rings. The van der Waals surface area contributed by atoms with Crippen LogP contribution in [0.1, 0.15) is 39.7 Å². The van der Waals surface area contributed by atoms with Crippen LogP contribution in [0.25, 0.3) is 6.08 Å². The fourth-order valence-corrected chi connectivity index (χ4v) is 1.55. The van der Waals surface area contributed by atoms with Gasteiger partial charge >= 0.3 is 6.09 Å². The third-order valence-electron chi connectivity index (χ3n) is 2.45. The Morgan fingerprint density at radius 2 is 2.24 bits per heavy atom. The lowest BCUT2D eigenvalue weighted by molar-refractivity contribution is 0.0509. The summed E-state index contributed by atoms with van der Waals surface area (Å²) in [5.74, 6) is -0.281. The molecular formula is C15H22FN3O2. The highest BCUT2D eigenvalue weighted by atomic mass is 19.1. The second-order valence-electron chi connectivity index (χ2n) is 5.82. The number of pyridine rings is 1. The van der Waals surface area contributed by atoms with Gasteiger partial charge < -0.3 is 15.8 Å². The monoisotopic (exact) mass is 295 g/mol. The van der Waals surface area contributed by atoms with Gasteiger partial charge in [0.05, 0.1) is 0 Å². The minimum absolute atomic E-state index is 0.124. The Balaban J connectivity index is 2.47. The van der Waals surface area contributed by atoms with Crippen molar-refractivity contribution in [1.29, 1.82) is 0 Å². The molecule has 1 heterocycles. The van der Waals surface area contributed by atoms with Gasteiger partial charge in [-0.25, -0.2) is 14.2 Å². The highest BCUT2D eigenvalue weighted by Crippen LogP contribution is 2.11. The Kier molecular flexibility index (Phi) is 5.69. The number of nitrogens with two attached hydrogens (primary N) is 1. The molecule has 0 spiro atoms. The third-order valence-corrected chi connectivity index (χ3v) is 2.45. The minimum atomic E-state index is -0.529. The third kappa shape index (κ3) is 6.74. The zero-order valence-corrected chi connectivity index (χ0v) is 12.8. The standard InChI is InChI=1S/C15H22FN3O2/c1-10(19-14(20)21-15(2,3)4)6-5-7-11-9-18-13(17)8-12(11)16/h5,7-10H,6H2,1-4H3,(H2,17,18)(H,19,20)/b7-5+/t10-/m0/s1. The molecule has 3 N–H and O–H groups in total. The number of hydrogen-bond acceptors (Lipinski definition) is 4. The molecule has 6 heteroatoms. The van der Waals surface area contributed by atoms with Gasteiger partial charge in [-0.3, -0.25) is 0 Å². The van der Waals surface area contributed by atoms with Crippen molar-refractivity contribution >= 4 is 18.0 Å². The fraction of sp³-hybridized carbons (Fsp3) is 0.467. The Morgan fingerprint density at radius 1 is 1.57 bits per heavy atom. The van der Waals surface area contributed by atoms with E-state index in [9.17, 15) is 9.18 Å². The summed E-state index contributed by atoms with van der Waals surface area (Å²) in [5, 5.41) is 2.70. The molecule has 0 aliphatic carbocycles. The normalized spacial score (nSPS) is 13.2. The Bertz CT molecular complexity index is 524. The number of hydrogen-bond donors (Lipinski definition) is 2. The van der Waals surface area contributed by atoms with Crippen molar-refractivity contribution in [3.63, 3.8) is 0 Å². The van der Waals surface area contributed by atoms with Crippen molar-refractivity contribution in [2.75, 3.05) is 5.73 Å². The number of anilines is 1. The Hall–Kier alpha value is -2.11. The van der Waals surface area contributed by atoms with Gasteiger partial charge in [0, 0.05) is 23.9 Å². The van der Waals surface area contributed by atoms with Gasteiger partial charge in [0.25, 0.3) is 0 Å². The number of halogens is 1. The van der Waals surface area contributed by atoms with Gasteiger partial charge in [-0.2, -0.15) is 0 Å². The predicted octanol–water partition coefficient (Wildman–Crippen LogP) is 3.12. The quantitative estimate of drug-likeness (QED) is 0.894. The number of alkyl carbamates (subject to hydrolysis) is 1. The molecule has 1 amide bonds. The molecule has 1 aromatic rings. The molecule has 1 atom stereocenters. The fourth-order valence-electron chi connectivity index (χ4n) is 1.55. The van der Waals surface area contributed by atoms with Gasteiger partial charge in [0.2, 0.25) is 0 Å². The Morgan fingerprint density at radius 3 is 2.81 bits per heavy atom. The zero-order chi connectivity index (χ0) is 16.0. The molecule has 0 bridgehead atoms. The lowest BCUT2D eigenvalue weighted by atomic mass is 10.2. The molecule has 1 aromatic heterocycles. The van der Waals surface area contributed by atoms with Crippen molar-refractivity contribution in [2.24, 2.45) is 0 Å². The van der Waals surface area contributed by atoms with Gasteiger partial charge in [0.1, 0.15) is 17.2 Å². The molecule has 0 fully saturated rings. The number of carbonyl (C=O) groups is 1. The van der Waals surface area contributed by atoms with Gasteiger partial charge in [-0.15, -0.1) is 0 Å². The molecule has 0 saturated heterocycles. The number of carbonyl (C=O) groups excluding carboxylic acids is 1. The highest BCUT2D eigenvalue weighted by Gasteiger charge is 2.17. The van der Waals surface area contributed by atoms with E-state index in [-0.39, 0.29) is 11.9 Å². The number of aromatic nitrogens is 1. The SMILES string of the molecule is C[C@@H](C/C=C/c1cnc(N)cc1F)NC(=O)OC(C)(C)C. The maximum atomic E-state index is 13.5. The first-order valence-electron chi connectivity index (χ1n) is 6.74. The molecule has 116 valence electrons. The summed E-state index contributed by atoms with van der Waals surface area (Å²) in [5.41, 5.74) is 5.20. The molecule has 1 rings (SSSR count). The topological polar surface area (TPSA) is 77.2 Å². The van der Waals surface area contributed by atoms with Crippen molar-refractivity contribution in [3.05, 3.63) is 29.7 Å². The molecule has 21 heavy (non-hydrogen) atoms. The largest absolute Gasteiger partial charge is 0.444 e. The van der Waals surface area contributed by atoms with Crippen LogP contribution in [0.3, 0.4) is 0 Å². The first-order valence-corrected chi connectivity index (χ1v) is 6.74. The lowest BCUT2D eigenvalue weighted by Gasteiger charge is -2.21. The van der Waals surface area contributed by atoms with Crippen LogP contribution in [-0.4, -0.2) is 22.7 Å². The number of ether oxygens (including phenoxy) is 1. The predicted molar refractivity (Wildman–Crippen MR) is 81.1 cm³/mol. The van der Waals surface area contributed by atoms with Crippen LogP contribution in [0.15, 0.2) is 18.3 Å². The van der Waals surface area contributed by atoms with E-state index in [0.29, 0.717) is 12.0 Å². The lowest BCUT2D eigenvalue weighted by Crippen LogP contribution is -2.37. The van der Waals surface area contributed by atoms with E-state index in [0.717, 1.165) is 0 Å². The van der Waals surface area contributed by atoms with E-state index >= 15 is 0 Å². The van der Waals surface area contributed by atoms with Crippen LogP contribution in [0.5, 0.6) is 0 Å². The van der Waals surface area contributed by atoms with Gasteiger partial charge in [0.15, 0.2) is 0 Å². The molecule has 0 aliphatic heterocycles. The van der Waals surface area contributed by atoms with Crippen LogP contribution >= 0.6 is 0 Å². The van der Waals surface area contributed by atoms with Crippen LogP contribution in [0, 0.1) is 5.82 Å². The van der Waals surface area contributed by atoms with E-state index < -0.39 is 17.5 Å². The van der Waals surface area contributed by atoms with E-state index in [1.165, 1.54) is 12.3 Å². The molecular weight excluding hydrogens is 273 g/mol. The summed E-state index contributed by atoms with van der Waals surface area (Å²) >= 11 is 0. The smallest absolute Gasteiger partial charge is 0.407 e. The van der Waals surface area contributed by atoms with Crippen molar-refractivity contribution in [3.8, 4) is 0 Å². The maximum Gasteiger partial charge on any atom is 0.407 e. The highest BCUT2D eigenvalue weighted by molar-refractivity contribution is 5.68. The summed E-state index contributed by atoms with van der Waals surface area (Å²) in [6.45, 7) is 7.24. The summed E-state index contributed by atoms with van der Waals surface area (Å²) in [6, 6.07) is 1.04. The van der Waals surface area contributed by atoms with E-state index in [4.69, 9.17) is 10.5 Å². The van der Waals surface area contributed by atoms with E-state index in [1.807, 2.05) is 6.92 Å². The summed E-state index contributed by atoms with van der Waals surface area (Å²) in [6.07, 6.45) is 4.81. The summed E-state index contributed by atoms with van der Waals surface area (Å²) in [4.78, 5) is 15.4. The summed E-state index contributed by atoms with van der Waals surface area (Å²) < 4.78 is 18.7. The number of amides is 1. The van der Waals surface area contributed by atoms with Crippen molar-refractivity contribution in [2.45, 2.75) is 45.8 Å².